The molecule has 0 atom stereocenters. The molecule has 0 amide bonds. The average Bonchev–Trinajstić information content (AvgIpc) is 2.64. The third kappa shape index (κ3) is 3.57. The lowest BCUT2D eigenvalue weighted by Gasteiger charge is -2.10. The SMILES string of the molecule is CCc1ccc(S(=O)(=O)NCc2cc3ccc(C)c(C)c3[nH]c2=O)cc1. The van der Waals surface area contributed by atoms with Crippen molar-refractivity contribution in [2.45, 2.75) is 38.6 Å². The molecular weight excluding hydrogens is 348 g/mol. The molecule has 1 heterocycles. The predicted octanol–water partition coefficient (Wildman–Crippen LogP) is 3.19. The number of hydrogen-bond acceptors (Lipinski definition) is 3. The lowest BCUT2D eigenvalue weighted by Crippen LogP contribution is -2.27. The standard InChI is InChI=1S/C20H22N2O3S/c1-4-15-6-9-18(10-7-15)26(24,25)21-12-17-11-16-8-5-13(2)14(3)19(16)22-20(17)23/h5-11,21H,4,12H2,1-3H3,(H,22,23). The van der Waals surface area contributed by atoms with E-state index in [0.717, 1.165) is 34.0 Å². The van der Waals surface area contributed by atoms with Crippen molar-refractivity contribution in [3.8, 4) is 0 Å². The Morgan fingerprint density at radius 2 is 1.73 bits per heavy atom. The van der Waals surface area contributed by atoms with Gasteiger partial charge in [0.05, 0.1) is 10.4 Å². The lowest BCUT2D eigenvalue weighted by atomic mass is 10.0. The highest BCUT2D eigenvalue weighted by Crippen LogP contribution is 2.19. The van der Waals surface area contributed by atoms with Crippen molar-refractivity contribution < 1.29 is 8.42 Å². The van der Waals surface area contributed by atoms with Gasteiger partial charge in [0.15, 0.2) is 0 Å². The summed E-state index contributed by atoms with van der Waals surface area (Å²) < 4.78 is 27.4. The van der Waals surface area contributed by atoms with Crippen LogP contribution in [0.1, 0.15) is 29.2 Å². The number of nitrogens with one attached hydrogen (secondary N) is 2. The fourth-order valence-corrected chi connectivity index (χ4v) is 3.87. The Bertz CT molecular complexity index is 1110. The van der Waals surface area contributed by atoms with Crippen LogP contribution in [-0.4, -0.2) is 13.4 Å². The van der Waals surface area contributed by atoms with Crippen molar-refractivity contribution in [1.29, 1.82) is 0 Å². The molecule has 0 fully saturated rings. The first-order valence-electron chi connectivity index (χ1n) is 8.52. The monoisotopic (exact) mass is 370 g/mol. The third-order valence-electron chi connectivity index (χ3n) is 4.72. The maximum atomic E-state index is 12.5. The van der Waals surface area contributed by atoms with E-state index in [-0.39, 0.29) is 17.0 Å². The number of rotatable bonds is 5. The molecule has 3 aromatic rings. The molecule has 0 bridgehead atoms. The Morgan fingerprint density at radius 1 is 1.04 bits per heavy atom. The van der Waals surface area contributed by atoms with E-state index >= 15 is 0 Å². The van der Waals surface area contributed by atoms with Crippen LogP contribution in [0, 0.1) is 13.8 Å². The van der Waals surface area contributed by atoms with E-state index in [4.69, 9.17) is 0 Å². The van der Waals surface area contributed by atoms with Gasteiger partial charge in [-0.3, -0.25) is 4.79 Å². The van der Waals surface area contributed by atoms with Crippen molar-refractivity contribution in [2.75, 3.05) is 0 Å². The largest absolute Gasteiger partial charge is 0.321 e. The maximum Gasteiger partial charge on any atom is 0.252 e. The Morgan fingerprint density at radius 3 is 2.38 bits per heavy atom. The molecule has 0 unspecified atom stereocenters. The normalized spacial score (nSPS) is 11.8. The van der Waals surface area contributed by atoms with Gasteiger partial charge >= 0.3 is 0 Å². The second kappa shape index (κ2) is 7.05. The summed E-state index contributed by atoms with van der Waals surface area (Å²) in [6.45, 7) is 5.89. The summed E-state index contributed by atoms with van der Waals surface area (Å²) in [6.07, 6.45) is 0.846. The summed E-state index contributed by atoms with van der Waals surface area (Å²) >= 11 is 0. The van der Waals surface area contributed by atoms with Crippen LogP contribution in [0.3, 0.4) is 0 Å². The van der Waals surface area contributed by atoms with E-state index in [2.05, 4.69) is 9.71 Å². The number of H-pyrrole nitrogens is 1. The highest BCUT2D eigenvalue weighted by molar-refractivity contribution is 7.89. The van der Waals surface area contributed by atoms with Crippen LogP contribution in [0.15, 0.2) is 52.2 Å². The van der Waals surface area contributed by atoms with Gasteiger partial charge in [0, 0.05) is 12.1 Å². The number of pyridine rings is 1. The second-order valence-electron chi connectivity index (χ2n) is 6.42. The fourth-order valence-electron chi connectivity index (χ4n) is 2.86. The van der Waals surface area contributed by atoms with Crippen LogP contribution < -0.4 is 10.3 Å². The molecule has 0 aliphatic carbocycles. The van der Waals surface area contributed by atoms with Gasteiger partial charge in [-0.05, 0) is 60.5 Å². The average molecular weight is 370 g/mol. The molecule has 6 heteroatoms. The number of aryl methyl sites for hydroxylation is 3. The molecule has 0 radical (unpaired) electrons. The number of aromatic nitrogens is 1. The third-order valence-corrected chi connectivity index (χ3v) is 6.14. The summed E-state index contributed by atoms with van der Waals surface area (Å²) in [4.78, 5) is 15.4. The van der Waals surface area contributed by atoms with E-state index in [9.17, 15) is 13.2 Å². The van der Waals surface area contributed by atoms with Crippen LogP contribution >= 0.6 is 0 Å². The number of hydrogen-bond donors (Lipinski definition) is 2. The molecule has 136 valence electrons. The molecule has 0 saturated carbocycles. The Kier molecular flexibility index (Phi) is 4.98. The maximum absolute atomic E-state index is 12.5. The second-order valence-corrected chi connectivity index (χ2v) is 8.18. The van der Waals surface area contributed by atoms with Gasteiger partial charge in [0.2, 0.25) is 10.0 Å². The molecular formula is C20H22N2O3S. The summed E-state index contributed by atoms with van der Waals surface area (Å²) in [6, 6.07) is 12.4. The molecule has 0 aliphatic heterocycles. The lowest BCUT2D eigenvalue weighted by molar-refractivity contribution is 0.581. The molecule has 0 saturated heterocycles. The number of sulfonamides is 1. The van der Waals surface area contributed by atoms with Gasteiger partial charge in [0.25, 0.3) is 5.56 Å². The van der Waals surface area contributed by atoms with E-state index in [1.165, 1.54) is 0 Å². The molecule has 0 aliphatic rings. The summed E-state index contributed by atoms with van der Waals surface area (Å²) in [5, 5.41) is 0.884. The topological polar surface area (TPSA) is 79.0 Å². The van der Waals surface area contributed by atoms with Gasteiger partial charge < -0.3 is 4.98 Å². The zero-order valence-electron chi connectivity index (χ0n) is 15.1. The summed E-state index contributed by atoms with van der Waals surface area (Å²) in [5.74, 6) is 0. The zero-order chi connectivity index (χ0) is 18.9. The van der Waals surface area contributed by atoms with Crippen LogP contribution in [0.4, 0.5) is 0 Å². The van der Waals surface area contributed by atoms with Gasteiger partial charge in [0.1, 0.15) is 0 Å². The zero-order valence-corrected chi connectivity index (χ0v) is 15.9. The fraction of sp³-hybridized carbons (Fsp3) is 0.250. The quantitative estimate of drug-likeness (QED) is 0.724. The highest BCUT2D eigenvalue weighted by atomic mass is 32.2. The number of benzene rings is 2. The van der Waals surface area contributed by atoms with E-state index in [1.54, 1.807) is 30.3 Å². The first kappa shape index (κ1) is 18.4. The molecule has 0 spiro atoms. The Labute approximate surface area is 153 Å². The van der Waals surface area contributed by atoms with Crippen molar-refractivity contribution in [1.82, 2.24) is 9.71 Å². The van der Waals surface area contributed by atoms with Gasteiger partial charge in [-0.25, -0.2) is 13.1 Å². The van der Waals surface area contributed by atoms with E-state index < -0.39 is 10.0 Å². The molecule has 26 heavy (non-hydrogen) atoms. The first-order valence-corrected chi connectivity index (χ1v) is 10.0. The predicted molar refractivity (Wildman–Crippen MR) is 104 cm³/mol. The molecule has 5 nitrogen and oxygen atoms in total. The molecule has 2 aromatic carbocycles. The first-order chi connectivity index (χ1) is 12.3. The van der Waals surface area contributed by atoms with E-state index in [0.29, 0.717) is 5.56 Å². The van der Waals surface area contributed by atoms with Crippen LogP contribution in [-0.2, 0) is 23.0 Å². The van der Waals surface area contributed by atoms with Crippen LogP contribution in [0.5, 0.6) is 0 Å². The molecule has 3 rings (SSSR count). The van der Waals surface area contributed by atoms with Gasteiger partial charge in [-0.2, -0.15) is 0 Å². The summed E-state index contributed by atoms with van der Waals surface area (Å²) in [7, 11) is -3.67. The Balaban J connectivity index is 1.88. The minimum absolute atomic E-state index is 0.0595. The van der Waals surface area contributed by atoms with Crippen LogP contribution in [0.25, 0.3) is 10.9 Å². The van der Waals surface area contributed by atoms with Crippen molar-refractivity contribution in [2.24, 2.45) is 0 Å². The summed E-state index contributed by atoms with van der Waals surface area (Å²) in [5.41, 5.74) is 4.07. The van der Waals surface area contributed by atoms with E-state index in [1.807, 2.05) is 32.9 Å². The Hall–Kier alpha value is -2.44. The smallest absolute Gasteiger partial charge is 0.252 e. The molecule has 2 N–H and O–H groups in total. The molecule has 1 aromatic heterocycles. The van der Waals surface area contributed by atoms with Crippen molar-refractivity contribution >= 4 is 20.9 Å². The minimum Gasteiger partial charge on any atom is -0.321 e. The van der Waals surface area contributed by atoms with Crippen molar-refractivity contribution in [3.63, 3.8) is 0 Å². The van der Waals surface area contributed by atoms with Gasteiger partial charge in [-0.1, -0.05) is 31.2 Å². The van der Waals surface area contributed by atoms with Gasteiger partial charge in [-0.15, -0.1) is 0 Å². The van der Waals surface area contributed by atoms with Crippen molar-refractivity contribution in [3.05, 3.63) is 75.1 Å². The van der Waals surface area contributed by atoms with Crippen LogP contribution in [0.2, 0.25) is 0 Å². The highest BCUT2D eigenvalue weighted by Gasteiger charge is 2.15. The minimum atomic E-state index is -3.67. The number of fused-ring (bicyclic) bond motifs is 1. The number of aromatic amines is 1.